The molecule has 0 bridgehead atoms. The number of hydrogen-bond acceptors (Lipinski definition) is 3. The summed E-state index contributed by atoms with van der Waals surface area (Å²) in [7, 11) is 0.0355. The van der Waals surface area contributed by atoms with Crippen LogP contribution in [-0.2, 0) is 0 Å². The van der Waals surface area contributed by atoms with Gasteiger partial charge in [-0.3, -0.25) is 4.79 Å². The van der Waals surface area contributed by atoms with Crippen molar-refractivity contribution in [3.05, 3.63) is 52.6 Å². The number of rotatable bonds is 15. The standard InChI is InChI=1S/C28H41O3P/c1-6-8-10-12-16-30-24-14-15-26(25(20-24)31-17-13-11-9-7-2)32-28(29)27-22(4)18-21(3)19-23(27)5/h14-15,18-20,32H,6-13,16-17H2,1-5H3. The summed E-state index contributed by atoms with van der Waals surface area (Å²) in [4.78, 5) is 13.2. The maximum Gasteiger partial charge on any atom is 0.186 e. The highest BCUT2D eigenvalue weighted by molar-refractivity contribution is 7.66. The van der Waals surface area contributed by atoms with Gasteiger partial charge in [0.1, 0.15) is 11.5 Å². The van der Waals surface area contributed by atoms with Crippen LogP contribution >= 0.6 is 8.58 Å². The smallest absolute Gasteiger partial charge is 0.186 e. The van der Waals surface area contributed by atoms with Crippen LogP contribution in [0.2, 0.25) is 0 Å². The van der Waals surface area contributed by atoms with Crippen LogP contribution in [0.4, 0.5) is 0 Å². The van der Waals surface area contributed by atoms with Crippen LogP contribution in [0, 0.1) is 20.8 Å². The molecule has 0 aliphatic rings. The molecule has 0 heterocycles. The highest BCUT2D eigenvalue weighted by atomic mass is 31.1. The lowest BCUT2D eigenvalue weighted by Crippen LogP contribution is -2.10. The van der Waals surface area contributed by atoms with Crippen LogP contribution in [0.5, 0.6) is 11.5 Å². The van der Waals surface area contributed by atoms with E-state index in [0.29, 0.717) is 6.61 Å². The van der Waals surface area contributed by atoms with Crippen LogP contribution in [-0.4, -0.2) is 18.7 Å². The van der Waals surface area contributed by atoms with E-state index in [4.69, 9.17) is 9.47 Å². The number of carbonyl (C=O) groups is 1. The van der Waals surface area contributed by atoms with Crippen LogP contribution in [0.3, 0.4) is 0 Å². The van der Waals surface area contributed by atoms with E-state index < -0.39 is 0 Å². The third-order valence-electron chi connectivity index (χ3n) is 5.63. The molecule has 1 unspecified atom stereocenters. The van der Waals surface area contributed by atoms with Gasteiger partial charge in [0.15, 0.2) is 5.52 Å². The van der Waals surface area contributed by atoms with Crippen LogP contribution in [0.15, 0.2) is 30.3 Å². The minimum atomic E-state index is 0.0355. The summed E-state index contributed by atoms with van der Waals surface area (Å²) in [6, 6.07) is 10.1. The first-order chi connectivity index (χ1) is 15.5. The first kappa shape index (κ1) is 26.4. The third kappa shape index (κ3) is 8.58. The van der Waals surface area contributed by atoms with Crippen LogP contribution in [0.25, 0.3) is 0 Å². The molecule has 3 nitrogen and oxygen atoms in total. The second-order valence-corrected chi connectivity index (χ2v) is 9.95. The first-order valence-electron chi connectivity index (χ1n) is 12.2. The van der Waals surface area contributed by atoms with E-state index >= 15 is 0 Å². The van der Waals surface area contributed by atoms with E-state index in [0.717, 1.165) is 52.9 Å². The van der Waals surface area contributed by atoms with Gasteiger partial charge in [0.25, 0.3) is 0 Å². The van der Waals surface area contributed by atoms with Gasteiger partial charge in [-0.1, -0.05) is 70.1 Å². The Labute approximate surface area is 197 Å². The largest absolute Gasteiger partial charge is 0.493 e. The van der Waals surface area contributed by atoms with Gasteiger partial charge in [-0.25, -0.2) is 0 Å². The molecule has 0 radical (unpaired) electrons. The predicted molar refractivity (Wildman–Crippen MR) is 139 cm³/mol. The van der Waals surface area contributed by atoms with Crippen LogP contribution < -0.4 is 14.8 Å². The van der Waals surface area contributed by atoms with Crippen molar-refractivity contribution in [1.29, 1.82) is 0 Å². The Morgan fingerprint density at radius 2 is 1.38 bits per heavy atom. The van der Waals surface area contributed by atoms with Crippen molar-refractivity contribution in [2.75, 3.05) is 13.2 Å². The summed E-state index contributed by atoms with van der Waals surface area (Å²) in [6.45, 7) is 11.9. The number of carbonyl (C=O) groups excluding carboxylic acids is 1. The quantitative estimate of drug-likeness (QED) is 0.204. The molecule has 2 aromatic rings. The zero-order valence-corrected chi connectivity index (χ0v) is 21.7. The summed E-state index contributed by atoms with van der Waals surface area (Å²) in [6.07, 6.45) is 9.36. The lowest BCUT2D eigenvalue weighted by Gasteiger charge is -2.15. The van der Waals surface area contributed by atoms with Gasteiger partial charge in [0.05, 0.1) is 13.2 Å². The van der Waals surface area contributed by atoms with Gasteiger partial charge in [-0.2, -0.15) is 0 Å². The van der Waals surface area contributed by atoms with Crippen molar-refractivity contribution in [2.45, 2.75) is 86.0 Å². The molecule has 0 fully saturated rings. The monoisotopic (exact) mass is 456 g/mol. The molecule has 32 heavy (non-hydrogen) atoms. The van der Waals surface area contributed by atoms with Gasteiger partial charge in [0, 0.05) is 16.9 Å². The summed E-state index contributed by atoms with van der Waals surface area (Å²) in [5, 5.41) is 0.961. The highest BCUT2D eigenvalue weighted by Gasteiger charge is 2.17. The maximum atomic E-state index is 13.2. The molecule has 0 N–H and O–H groups in total. The fourth-order valence-corrected chi connectivity index (χ4v) is 5.17. The number of aryl methyl sites for hydroxylation is 3. The molecule has 1 atom stereocenters. The molecule has 0 aliphatic carbocycles. The van der Waals surface area contributed by atoms with E-state index in [9.17, 15) is 4.79 Å². The molecule has 4 heteroatoms. The molecule has 0 aliphatic heterocycles. The third-order valence-corrected chi connectivity index (χ3v) is 6.79. The van der Waals surface area contributed by atoms with Crippen molar-refractivity contribution in [2.24, 2.45) is 0 Å². The molecular weight excluding hydrogens is 415 g/mol. The molecule has 2 aromatic carbocycles. The predicted octanol–water partition coefficient (Wildman–Crippen LogP) is 7.67. The Morgan fingerprint density at radius 1 is 0.781 bits per heavy atom. The summed E-state index contributed by atoms with van der Waals surface area (Å²) in [5.41, 5.74) is 4.31. The number of hydrogen-bond donors (Lipinski definition) is 0. The number of unbranched alkanes of at least 4 members (excludes halogenated alkanes) is 6. The Hall–Kier alpha value is -1.86. The van der Waals surface area contributed by atoms with Crippen molar-refractivity contribution >= 4 is 19.4 Å². The molecule has 0 aromatic heterocycles. The molecule has 0 spiro atoms. The van der Waals surface area contributed by atoms with E-state index in [1.165, 1.54) is 44.1 Å². The van der Waals surface area contributed by atoms with E-state index in [2.05, 4.69) is 32.9 Å². The lowest BCUT2D eigenvalue weighted by atomic mass is 10.0. The topological polar surface area (TPSA) is 35.5 Å². The van der Waals surface area contributed by atoms with Gasteiger partial charge in [-0.15, -0.1) is 0 Å². The molecule has 176 valence electrons. The van der Waals surface area contributed by atoms with Gasteiger partial charge < -0.3 is 9.47 Å². The minimum Gasteiger partial charge on any atom is -0.493 e. The van der Waals surface area contributed by atoms with Crippen LogP contribution in [0.1, 0.15) is 92.3 Å². The van der Waals surface area contributed by atoms with Crippen molar-refractivity contribution in [3.63, 3.8) is 0 Å². The van der Waals surface area contributed by atoms with Crippen molar-refractivity contribution in [1.82, 2.24) is 0 Å². The molecule has 2 rings (SSSR count). The van der Waals surface area contributed by atoms with E-state index in [1.54, 1.807) is 0 Å². The fraction of sp³-hybridized carbons (Fsp3) is 0.536. The fourth-order valence-electron chi connectivity index (χ4n) is 3.97. The van der Waals surface area contributed by atoms with Gasteiger partial charge in [0.2, 0.25) is 0 Å². The number of benzene rings is 2. The molecule has 0 amide bonds. The first-order valence-corrected chi connectivity index (χ1v) is 13.2. The lowest BCUT2D eigenvalue weighted by molar-refractivity contribution is 0.108. The number of ether oxygens (including phenoxy) is 2. The zero-order valence-electron chi connectivity index (χ0n) is 20.7. The second-order valence-electron chi connectivity index (χ2n) is 8.70. The minimum absolute atomic E-state index is 0.0355. The van der Waals surface area contributed by atoms with Gasteiger partial charge >= 0.3 is 0 Å². The van der Waals surface area contributed by atoms with Crippen molar-refractivity contribution in [3.8, 4) is 11.5 Å². The summed E-state index contributed by atoms with van der Waals surface area (Å²) >= 11 is 0. The Kier molecular flexibility index (Phi) is 11.8. The van der Waals surface area contributed by atoms with Crippen molar-refractivity contribution < 1.29 is 14.3 Å². The molecule has 0 saturated carbocycles. The summed E-state index contributed by atoms with van der Waals surface area (Å²) < 4.78 is 12.1. The summed E-state index contributed by atoms with van der Waals surface area (Å²) in [5.74, 6) is 1.62. The maximum absolute atomic E-state index is 13.2. The normalized spacial score (nSPS) is 11.3. The Bertz CT molecular complexity index is 837. The second kappa shape index (κ2) is 14.3. The average Bonchev–Trinajstić information content (AvgIpc) is 2.74. The zero-order chi connectivity index (χ0) is 23.3. The molecular formula is C28H41O3P. The van der Waals surface area contributed by atoms with Gasteiger partial charge in [-0.05, 0) is 65.5 Å². The Morgan fingerprint density at radius 3 is 1.97 bits per heavy atom. The molecule has 0 saturated heterocycles. The SMILES string of the molecule is CCCCCCOc1ccc(PC(=O)c2c(C)cc(C)cc2C)c(OCCCCCC)c1. The van der Waals surface area contributed by atoms with E-state index in [1.807, 2.05) is 32.0 Å². The van der Waals surface area contributed by atoms with E-state index in [-0.39, 0.29) is 14.1 Å². The Balaban J connectivity index is 2.13. The highest BCUT2D eigenvalue weighted by Crippen LogP contribution is 2.30. The average molecular weight is 457 g/mol.